The summed E-state index contributed by atoms with van der Waals surface area (Å²) in [6.07, 6.45) is 0.890. The maximum absolute atomic E-state index is 11.5. The minimum atomic E-state index is -0.151. The van der Waals surface area contributed by atoms with Crippen LogP contribution in [0.1, 0.15) is 25.3 Å². The third kappa shape index (κ3) is 3.58. The fourth-order valence-electron chi connectivity index (χ4n) is 1.84. The molecule has 0 bridgehead atoms. The predicted octanol–water partition coefficient (Wildman–Crippen LogP) is 3.40. The zero-order chi connectivity index (χ0) is 13.7. The average molecular weight is 274 g/mol. The van der Waals surface area contributed by atoms with Crippen molar-refractivity contribution in [2.24, 2.45) is 5.16 Å². The second kappa shape index (κ2) is 6.39. The molecule has 0 saturated heterocycles. The normalized spacial score (nSPS) is 17.5. The van der Waals surface area contributed by atoms with E-state index in [0.29, 0.717) is 18.5 Å². The summed E-state index contributed by atoms with van der Waals surface area (Å²) in [6.45, 7) is 8.86. The second-order valence-electron chi connectivity index (χ2n) is 4.14. The van der Waals surface area contributed by atoms with Crippen LogP contribution in [0.5, 0.6) is 0 Å². The Hall–Kier alpha value is -1.80. The van der Waals surface area contributed by atoms with Gasteiger partial charge in [0.1, 0.15) is 6.10 Å². The van der Waals surface area contributed by atoms with Gasteiger partial charge in [0.2, 0.25) is 0 Å². The summed E-state index contributed by atoms with van der Waals surface area (Å²) < 4.78 is 0. The van der Waals surface area contributed by atoms with Gasteiger partial charge in [-0.2, -0.15) is 0 Å². The van der Waals surface area contributed by atoms with E-state index in [1.54, 1.807) is 12.1 Å². The van der Waals surface area contributed by atoms with Crippen LogP contribution in [0.25, 0.3) is 4.85 Å². The van der Waals surface area contributed by atoms with E-state index in [2.05, 4.69) is 10.0 Å². The lowest BCUT2D eigenvalue weighted by Crippen LogP contribution is -2.12. The molecule has 0 N–H and O–H groups in total. The minimum absolute atomic E-state index is 0.146. The summed E-state index contributed by atoms with van der Waals surface area (Å²) in [7, 11) is 0. The summed E-state index contributed by atoms with van der Waals surface area (Å²) in [6, 6.07) is 7.24. The third-order valence-electron chi connectivity index (χ3n) is 2.76. The first-order valence-corrected chi connectivity index (χ1v) is 7.07. The number of rotatable bonds is 4. The Morgan fingerprint density at radius 2 is 2.26 bits per heavy atom. The molecule has 1 unspecified atom stereocenters. The maximum atomic E-state index is 11.5. The molecule has 0 aliphatic carbocycles. The van der Waals surface area contributed by atoms with Gasteiger partial charge in [-0.1, -0.05) is 48.1 Å². The van der Waals surface area contributed by atoms with Gasteiger partial charge in [0.05, 0.1) is 18.7 Å². The molecule has 1 aliphatic rings. The van der Waals surface area contributed by atoms with Crippen molar-refractivity contribution in [1.29, 1.82) is 0 Å². The molecular weight excluding hydrogens is 260 g/mol. The molecule has 0 aromatic heterocycles. The summed E-state index contributed by atoms with van der Waals surface area (Å²) in [5, 5.41) is 4.18. The summed E-state index contributed by atoms with van der Waals surface area (Å²) >= 11 is 1.32. The summed E-state index contributed by atoms with van der Waals surface area (Å²) in [5.41, 5.74) is 2.40. The van der Waals surface area contributed by atoms with Crippen LogP contribution in [0.2, 0.25) is 0 Å². The molecular formula is C14H14N2O2S. The van der Waals surface area contributed by atoms with Crippen molar-refractivity contribution in [1.82, 2.24) is 0 Å². The second-order valence-corrected chi connectivity index (χ2v) is 5.46. The van der Waals surface area contributed by atoms with Crippen LogP contribution < -0.4 is 0 Å². The number of carbonyl (C=O) groups is 1. The number of carbonyl (C=O) groups excluding carboxylic acids is 1. The van der Waals surface area contributed by atoms with E-state index in [4.69, 9.17) is 11.4 Å². The molecule has 0 radical (unpaired) electrons. The molecule has 0 saturated carbocycles. The van der Waals surface area contributed by atoms with Crippen LogP contribution >= 0.6 is 11.8 Å². The number of oxime groups is 1. The Morgan fingerprint density at radius 1 is 1.53 bits per heavy atom. The zero-order valence-electron chi connectivity index (χ0n) is 10.6. The van der Waals surface area contributed by atoms with Gasteiger partial charge in [-0.05, 0) is 11.3 Å². The van der Waals surface area contributed by atoms with Crippen LogP contribution in [0, 0.1) is 6.57 Å². The Kier molecular flexibility index (Phi) is 4.58. The molecule has 0 amide bonds. The van der Waals surface area contributed by atoms with Crippen molar-refractivity contribution in [3.05, 3.63) is 41.2 Å². The van der Waals surface area contributed by atoms with E-state index in [1.807, 2.05) is 19.1 Å². The van der Waals surface area contributed by atoms with Gasteiger partial charge >= 0.3 is 0 Å². The zero-order valence-corrected chi connectivity index (χ0v) is 11.4. The highest BCUT2D eigenvalue weighted by atomic mass is 32.2. The molecule has 4 nitrogen and oxygen atoms in total. The summed E-state index contributed by atoms with van der Waals surface area (Å²) in [5.74, 6) is 0.789. The molecule has 98 valence electrons. The number of thioether (sulfide) groups is 1. The molecule has 0 fully saturated rings. The van der Waals surface area contributed by atoms with Crippen LogP contribution in [0.3, 0.4) is 0 Å². The van der Waals surface area contributed by atoms with Crippen molar-refractivity contribution in [3.63, 3.8) is 0 Å². The first-order valence-electron chi connectivity index (χ1n) is 6.09. The van der Waals surface area contributed by atoms with Gasteiger partial charge in [-0.25, -0.2) is 4.85 Å². The largest absolute Gasteiger partial charge is 0.391 e. The van der Waals surface area contributed by atoms with Crippen LogP contribution in [-0.4, -0.2) is 22.7 Å². The smallest absolute Gasteiger partial charge is 0.192 e. The SMILES string of the molecule is [C-]#[N+]c1ccc(C2=NOC(CC(=O)SCC)C2)cc1. The Balaban J connectivity index is 1.94. The monoisotopic (exact) mass is 274 g/mol. The lowest BCUT2D eigenvalue weighted by atomic mass is 10.0. The number of hydrogen-bond acceptors (Lipinski definition) is 4. The summed E-state index contributed by atoms with van der Waals surface area (Å²) in [4.78, 5) is 20.2. The molecule has 1 aliphatic heterocycles. The number of nitrogens with zero attached hydrogens (tertiary/aromatic N) is 2. The molecule has 19 heavy (non-hydrogen) atoms. The fourth-order valence-corrected chi connectivity index (χ4v) is 2.47. The highest BCUT2D eigenvalue weighted by Crippen LogP contribution is 2.22. The molecule has 1 atom stereocenters. The van der Waals surface area contributed by atoms with Gasteiger partial charge in [0.25, 0.3) is 0 Å². The third-order valence-corrected chi connectivity index (χ3v) is 3.54. The first-order chi connectivity index (χ1) is 9.22. The van der Waals surface area contributed by atoms with E-state index in [1.165, 1.54) is 11.8 Å². The highest BCUT2D eigenvalue weighted by molar-refractivity contribution is 8.13. The van der Waals surface area contributed by atoms with Crippen molar-refractivity contribution in [3.8, 4) is 0 Å². The highest BCUT2D eigenvalue weighted by Gasteiger charge is 2.24. The number of benzene rings is 1. The standard InChI is InChI=1S/C14H14N2O2S/c1-3-19-14(17)9-12-8-13(16-18-12)10-4-6-11(15-2)7-5-10/h4-7,12H,3,8-9H2,1H3. The van der Waals surface area contributed by atoms with Crippen LogP contribution in [0.15, 0.2) is 29.4 Å². The van der Waals surface area contributed by atoms with Gasteiger partial charge in [0, 0.05) is 6.42 Å². The van der Waals surface area contributed by atoms with Crippen LogP contribution in [-0.2, 0) is 9.63 Å². The molecule has 1 heterocycles. The Labute approximate surface area is 116 Å². The lowest BCUT2D eigenvalue weighted by molar-refractivity contribution is -0.113. The van der Waals surface area contributed by atoms with E-state index in [-0.39, 0.29) is 11.2 Å². The van der Waals surface area contributed by atoms with E-state index in [0.717, 1.165) is 17.0 Å². The minimum Gasteiger partial charge on any atom is -0.391 e. The fraction of sp³-hybridized carbons (Fsp3) is 0.357. The van der Waals surface area contributed by atoms with E-state index < -0.39 is 0 Å². The molecule has 1 aromatic rings. The molecule has 1 aromatic carbocycles. The van der Waals surface area contributed by atoms with Crippen molar-refractivity contribution >= 4 is 28.3 Å². The van der Waals surface area contributed by atoms with Crippen molar-refractivity contribution in [2.75, 3.05) is 5.75 Å². The molecule has 0 spiro atoms. The first kappa shape index (κ1) is 13.6. The Morgan fingerprint density at radius 3 is 2.89 bits per heavy atom. The van der Waals surface area contributed by atoms with E-state index in [9.17, 15) is 4.79 Å². The molecule has 2 rings (SSSR count). The van der Waals surface area contributed by atoms with Gasteiger partial charge in [-0.3, -0.25) is 4.79 Å². The predicted molar refractivity (Wildman–Crippen MR) is 76.5 cm³/mol. The van der Waals surface area contributed by atoms with Gasteiger partial charge in [0.15, 0.2) is 10.8 Å². The lowest BCUT2D eigenvalue weighted by Gasteiger charge is -2.05. The van der Waals surface area contributed by atoms with Crippen LogP contribution in [0.4, 0.5) is 5.69 Å². The number of hydrogen-bond donors (Lipinski definition) is 0. The topological polar surface area (TPSA) is 43.0 Å². The van der Waals surface area contributed by atoms with E-state index >= 15 is 0 Å². The van der Waals surface area contributed by atoms with Crippen molar-refractivity contribution in [2.45, 2.75) is 25.9 Å². The molecule has 5 heteroatoms. The average Bonchev–Trinajstić information content (AvgIpc) is 2.87. The van der Waals surface area contributed by atoms with Crippen molar-refractivity contribution < 1.29 is 9.63 Å². The van der Waals surface area contributed by atoms with Gasteiger partial charge < -0.3 is 4.84 Å². The Bertz CT molecular complexity index is 531. The van der Waals surface area contributed by atoms with Gasteiger partial charge in [-0.15, -0.1) is 0 Å². The maximum Gasteiger partial charge on any atom is 0.192 e. The quantitative estimate of drug-likeness (QED) is 0.790.